The summed E-state index contributed by atoms with van der Waals surface area (Å²) in [5.74, 6) is -7.04. The average Bonchev–Trinajstić information content (AvgIpc) is 0.810. The summed E-state index contributed by atoms with van der Waals surface area (Å²) in [5, 5.41) is 122. The van der Waals surface area contributed by atoms with Crippen LogP contribution in [0.2, 0.25) is 0 Å². The highest BCUT2D eigenvalue weighted by atomic mass is 16.7. The number of fused-ring (bicyclic) bond motifs is 2. The Bertz CT molecular complexity index is 2740. The lowest BCUT2D eigenvalue weighted by Crippen LogP contribution is -2.65. The zero-order chi connectivity index (χ0) is 69.8. The van der Waals surface area contributed by atoms with Crippen LogP contribution >= 0.6 is 0 Å². The summed E-state index contributed by atoms with van der Waals surface area (Å²) in [5.41, 5.74) is 1.30. The number of amides is 2. The molecule has 4 heterocycles. The first kappa shape index (κ1) is 80.0. The number of esters is 1. The summed E-state index contributed by atoms with van der Waals surface area (Å²) in [6, 6.07) is 5.69. The molecule has 4 aliphatic rings. The second-order valence-corrected chi connectivity index (χ2v) is 26.3. The first-order valence-corrected chi connectivity index (χ1v) is 33.3. The molecule has 0 saturated carbocycles. The van der Waals surface area contributed by atoms with Crippen molar-refractivity contribution in [3.63, 3.8) is 0 Å². The molecule has 4 aliphatic heterocycles. The van der Waals surface area contributed by atoms with Crippen LogP contribution in [0.1, 0.15) is 108 Å². The molecule has 95 heavy (non-hydrogen) atoms. The molecule has 25 nitrogen and oxygen atoms in total. The second kappa shape index (κ2) is 40.9. The zero-order valence-electron chi connectivity index (χ0n) is 56.2. The minimum absolute atomic E-state index is 0.0259. The molecule has 19 unspecified atom stereocenters. The third-order valence-corrected chi connectivity index (χ3v) is 17.5. The maximum Gasteiger partial charge on any atom is 0.308 e. The summed E-state index contributed by atoms with van der Waals surface area (Å²) in [4.78, 5) is 73.0. The number of anilines is 1. The lowest BCUT2D eigenvalue weighted by Gasteiger charge is -2.46. The number of rotatable bonds is 17. The summed E-state index contributed by atoms with van der Waals surface area (Å²) in [6.07, 6.45) is 2.29. The van der Waals surface area contributed by atoms with Crippen LogP contribution in [0.25, 0.3) is 0 Å². The number of carbonyl (C=O) groups is 5. The number of aliphatic hydroxyl groups excluding tert-OH is 9. The van der Waals surface area contributed by atoms with E-state index in [2.05, 4.69) is 20.9 Å². The van der Waals surface area contributed by atoms with Gasteiger partial charge < -0.3 is 95.8 Å². The number of ether oxygens (including phenoxy) is 4. The quantitative estimate of drug-likeness (QED) is 0.0780. The number of Topliss-reactive ketones (excluding diaryl/α,β-unsaturated/α-hetero) is 2. The Labute approximate surface area is 559 Å². The fraction of sp³-hybridized carbons (Fsp3) is 0.643. The van der Waals surface area contributed by atoms with Crippen molar-refractivity contribution in [2.24, 2.45) is 17.8 Å². The summed E-state index contributed by atoms with van der Waals surface area (Å²) in [7, 11) is 7.39. The zero-order valence-corrected chi connectivity index (χ0v) is 56.2. The third kappa shape index (κ3) is 28.7. The van der Waals surface area contributed by atoms with E-state index in [0.29, 0.717) is 31.6 Å². The molecule has 0 radical (unpaired) electrons. The topological polar surface area (TPSA) is 370 Å². The van der Waals surface area contributed by atoms with Crippen molar-refractivity contribution in [1.29, 1.82) is 0 Å². The van der Waals surface area contributed by atoms with E-state index < -0.39 is 178 Å². The van der Waals surface area contributed by atoms with Crippen LogP contribution in [0, 0.1) is 17.8 Å². The van der Waals surface area contributed by atoms with E-state index in [4.69, 9.17) is 18.9 Å². The Morgan fingerprint density at radius 2 is 1.31 bits per heavy atom. The standard InChI is InChI=1S/C70H108N6O19/c1-45-20-18-16-14-12-10-8-9-11-13-15-17-19-21-57(93-69-66(89)64(65(88)47(3)92-69)73-61(86)44-76-32-30-75(7)31-33-76)41-60-63(68(90)72-28-29-74(5)6)59(85)43-70(91,95-60)42-56(83)38-54(81)36-52(79)34-51(78)35-53(80)37-55(82)40-62(87)94-67(45)46(2)22-27-50(77)39-58(84)48-23-25-49(71-4)26-24-48/h8-21,23-26,45-47,50-52,54-57,59-60,63-67,69,71,77-79,81-83,85,88-89,91H,22,27-44H2,1-7H3,(H,72,90)(H,73,86)/b9-8-,12-10-,13-11-,16-14-,17-15-,20-18?,21-19?. The van der Waals surface area contributed by atoms with Gasteiger partial charge in [0.25, 0.3) is 0 Å². The van der Waals surface area contributed by atoms with Gasteiger partial charge in [-0.1, -0.05) is 98.9 Å². The molecule has 532 valence electrons. The number of carbonyl (C=O) groups excluding carboxylic acids is 5. The van der Waals surface area contributed by atoms with E-state index in [1.54, 1.807) is 117 Å². The molecule has 3 fully saturated rings. The lowest BCUT2D eigenvalue weighted by atomic mass is 9.82. The van der Waals surface area contributed by atoms with Gasteiger partial charge in [-0.15, -0.1) is 0 Å². The van der Waals surface area contributed by atoms with E-state index in [9.17, 15) is 75.0 Å². The van der Waals surface area contributed by atoms with Crippen molar-refractivity contribution >= 4 is 35.0 Å². The van der Waals surface area contributed by atoms with Crippen molar-refractivity contribution in [3.05, 3.63) is 115 Å². The number of hydrogen-bond acceptors (Lipinski definition) is 23. The SMILES string of the molecule is CNc1ccc(C(=O)CC(O)CCC(C)C2OC(=O)CC(O)CC(=O)CC(O)CC(O)CC(O)CC(O)CC3(O)CC(O)C(C(=O)NCCN(C)C)C(CC(OC4OC(C)C(O)C(NC(=O)CN5CCN(C)CC5)C4O)C=C\C=C/C=C\C=C/C=C\C=C/C=CC2C)O3)cc1. The number of piperazine rings is 1. The molecule has 2 amide bonds. The smallest absolute Gasteiger partial charge is 0.308 e. The normalized spacial score (nSPS) is 34.6. The molecular formula is C70H108N6O19. The molecule has 3 saturated heterocycles. The highest BCUT2D eigenvalue weighted by Gasteiger charge is 2.51. The van der Waals surface area contributed by atoms with Crippen LogP contribution in [0.3, 0.4) is 0 Å². The highest BCUT2D eigenvalue weighted by molar-refractivity contribution is 5.96. The van der Waals surface area contributed by atoms with Crippen LogP contribution in [0.5, 0.6) is 0 Å². The highest BCUT2D eigenvalue weighted by Crippen LogP contribution is 2.38. The lowest BCUT2D eigenvalue weighted by molar-refractivity contribution is -0.307. The van der Waals surface area contributed by atoms with Gasteiger partial charge in [-0.2, -0.15) is 0 Å². The number of hydrogen-bond donors (Lipinski definition) is 13. The monoisotopic (exact) mass is 1340 g/mol. The Balaban J connectivity index is 1.39. The number of likely N-dealkylation sites (N-methyl/N-ethyl adjacent to an activating group) is 2. The Hall–Kier alpha value is -5.69. The first-order chi connectivity index (χ1) is 45.1. The van der Waals surface area contributed by atoms with Gasteiger partial charge in [-0.05, 0) is 90.4 Å². The Morgan fingerprint density at radius 1 is 0.726 bits per heavy atom. The number of allylic oxidation sites excluding steroid dienone is 12. The van der Waals surface area contributed by atoms with Gasteiger partial charge in [0.1, 0.15) is 24.1 Å². The van der Waals surface area contributed by atoms with Gasteiger partial charge >= 0.3 is 5.97 Å². The maximum atomic E-state index is 14.1. The van der Waals surface area contributed by atoms with Crippen LogP contribution in [0.4, 0.5) is 5.69 Å². The fourth-order valence-electron chi connectivity index (χ4n) is 12.2. The molecule has 0 aliphatic carbocycles. The summed E-state index contributed by atoms with van der Waals surface area (Å²) >= 11 is 0. The Morgan fingerprint density at radius 3 is 1.92 bits per heavy atom. The van der Waals surface area contributed by atoms with Crippen molar-refractivity contribution in [2.45, 2.75) is 195 Å². The molecular weight excluding hydrogens is 1230 g/mol. The van der Waals surface area contributed by atoms with E-state index in [1.807, 2.05) is 50.9 Å². The van der Waals surface area contributed by atoms with Crippen molar-refractivity contribution < 1.29 is 94.0 Å². The molecule has 0 spiro atoms. The Kier molecular flexibility index (Phi) is 34.4. The van der Waals surface area contributed by atoms with Gasteiger partial charge in [0.2, 0.25) is 11.8 Å². The van der Waals surface area contributed by atoms with Crippen molar-refractivity contribution in [1.82, 2.24) is 25.3 Å². The minimum atomic E-state index is -2.32. The molecule has 5 rings (SSSR count). The molecule has 13 N–H and O–H groups in total. The van der Waals surface area contributed by atoms with Crippen LogP contribution in [0.15, 0.2) is 109 Å². The van der Waals surface area contributed by atoms with Crippen LogP contribution in [-0.4, -0.2) is 267 Å². The largest absolute Gasteiger partial charge is 0.461 e. The minimum Gasteiger partial charge on any atom is -0.461 e. The number of ketones is 2. The van der Waals surface area contributed by atoms with Crippen molar-refractivity contribution in [3.8, 4) is 0 Å². The third-order valence-electron chi connectivity index (χ3n) is 17.5. The van der Waals surface area contributed by atoms with E-state index >= 15 is 0 Å². The molecule has 1 aromatic carbocycles. The maximum absolute atomic E-state index is 14.1. The number of aliphatic hydroxyl groups is 10. The van der Waals surface area contributed by atoms with Gasteiger partial charge in [0.05, 0.1) is 86.0 Å². The fourth-order valence-corrected chi connectivity index (χ4v) is 12.2. The van der Waals surface area contributed by atoms with Gasteiger partial charge in [-0.3, -0.25) is 28.9 Å². The number of nitrogens with zero attached hydrogens (tertiary/aromatic N) is 3. The van der Waals surface area contributed by atoms with Crippen LogP contribution in [-0.2, 0) is 38.1 Å². The number of cyclic esters (lactones) is 1. The average molecular weight is 1340 g/mol. The number of nitrogens with one attached hydrogen (secondary N) is 3. The summed E-state index contributed by atoms with van der Waals surface area (Å²) in [6.45, 7) is 8.74. The summed E-state index contributed by atoms with van der Waals surface area (Å²) < 4.78 is 24.8. The van der Waals surface area contributed by atoms with Gasteiger partial charge in [0.15, 0.2) is 17.9 Å². The molecule has 25 heteroatoms. The van der Waals surface area contributed by atoms with E-state index in [-0.39, 0.29) is 50.0 Å². The van der Waals surface area contributed by atoms with E-state index in [1.165, 1.54) is 0 Å². The predicted octanol–water partition coefficient (Wildman–Crippen LogP) is 1.74. The van der Waals surface area contributed by atoms with Gasteiger partial charge in [-0.25, -0.2) is 0 Å². The first-order valence-electron chi connectivity index (χ1n) is 33.3. The number of benzene rings is 1. The molecule has 19 atom stereocenters. The molecule has 0 aromatic heterocycles. The van der Waals surface area contributed by atoms with Crippen molar-refractivity contribution in [2.75, 3.05) is 79.3 Å². The van der Waals surface area contributed by atoms with Crippen LogP contribution < -0.4 is 16.0 Å². The predicted molar refractivity (Wildman–Crippen MR) is 357 cm³/mol. The van der Waals surface area contributed by atoms with Gasteiger partial charge in [0, 0.05) is 102 Å². The van der Waals surface area contributed by atoms with E-state index in [0.717, 1.165) is 18.8 Å². The molecule has 2 bridgehead atoms. The molecule has 1 aromatic rings. The second-order valence-electron chi connectivity index (χ2n) is 26.3.